The Kier molecular flexibility index (Phi) is 8.29. The molecular formula is C20H32N4OS. The van der Waals surface area contributed by atoms with E-state index >= 15 is 0 Å². The molecule has 1 atom stereocenters. The van der Waals surface area contributed by atoms with Crippen LogP contribution in [0.1, 0.15) is 25.8 Å². The van der Waals surface area contributed by atoms with Gasteiger partial charge in [0.1, 0.15) is 0 Å². The van der Waals surface area contributed by atoms with Crippen LogP contribution in [-0.4, -0.2) is 66.4 Å². The van der Waals surface area contributed by atoms with Crippen LogP contribution in [0.25, 0.3) is 0 Å². The van der Waals surface area contributed by atoms with Gasteiger partial charge in [-0.25, -0.2) is 0 Å². The maximum Gasteiger partial charge on any atom is 0.224 e. The van der Waals surface area contributed by atoms with Crippen molar-refractivity contribution in [3.8, 4) is 0 Å². The predicted octanol–water partition coefficient (Wildman–Crippen LogP) is 2.68. The number of nitrogens with one attached hydrogen (secondary N) is 1. The van der Waals surface area contributed by atoms with E-state index in [4.69, 9.17) is 0 Å². The molecule has 0 aromatic heterocycles. The van der Waals surface area contributed by atoms with E-state index in [9.17, 15) is 4.79 Å². The van der Waals surface area contributed by atoms with Crippen molar-refractivity contribution >= 4 is 23.6 Å². The van der Waals surface area contributed by atoms with Crippen molar-refractivity contribution in [1.29, 1.82) is 0 Å². The summed E-state index contributed by atoms with van der Waals surface area (Å²) in [6, 6.07) is 10.1. The van der Waals surface area contributed by atoms with Crippen LogP contribution in [0, 0.1) is 5.92 Å². The third-order valence-electron chi connectivity index (χ3n) is 4.66. The van der Waals surface area contributed by atoms with Gasteiger partial charge in [-0.1, -0.05) is 44.2 Å². The molecule has 1 fully saturated rings. The summed E-state index contributed by atoms with van der Waals surface area (Å²) >= 11 is 2.05. The van der Waals surface area contributed by atoms with E-state index in [1.807, 2.05) is 44.4 Å². The molecule has 5 nitrogen and oxygen atoms in total. The summed E-state index contributed by atoms with van der Waals surface area (Å²) < 4.78 is 0. The molecule has 1 aromatic rings. The molecule has 1 aromatic carbocycles. The molecule has 1 saturated heterocycles. The van der Waals surface area contributed by atoms with Gasteiger partial charge in [-0.3, -0.25) is 9.79 Å². The number of benzene rings is 1. The molecule has 1 unspecified atom stereocenters. The molecule has 1 amide bonds. The maximum atomic E-state index is 12.4. The Bertz CT molecular complexity index is 591. The van der Waals surface area contributed by atoms with E-state index in [1.54, 1.807) is 4.90 Å². The lowest BCUT2D eigenvalue weighted by molar-refractivity contribution is -0.130. The second-order valence-corrected chi connectivity index (χ2v) is 8.41. The van der Waals surface area contributed by atoms with E-state index < -0.39 is 0 Å². The van der Waals surface area contributed by atoms with Crippen LogP contribution < -0.4 is 5.32 Å². The zero-order chi connectivity index (χ0) is 18.9. The van der Waals surface area contributed by atoms with Crippen LogP contribution in [0.3, 0.4) is 0 Å². The first-order valence-corrected chi connectivity index (χ1v) is 10.4. The van der Waals surface area contributed by atoms with Gasteiger partial charge in [0.15, 0.2) is 5.96 Å². The Morgan fingerprint density at radius 3 is 2.77 bits per heavy atom. The van der Waals surface area contributed by atoms with Crippen LogP contribution in [0.4, 0.5) is 0 Å². The number of aliphatic imine (C=N–C) groups is 1. The van der Waals surface area contributed by atoms with Gasteiger partial charge in [0.05, 0.1) is 0 Å². The first-order valence-electron chi connectivity index (χ1n) is 9.36. The van der Waals surface area contributed by atoms with Crippen molar-refractivity contribution in [2.24, 2.45) is 10.9 Å². The molecule has 1 aliphatic rings. The first kappa shape index (κ1) is 20.6. The zero-order valence-electron chi connectivity index (χ0n) is 16.4. The van der Waals surface area contributed by atoms with Crippen LogP contribution in [0.2, 0.25) is 0 Å². The second kappa shape index (κ2) is 10.5. The highest BCUT2D eigenvalue weighted by Gasteiger charge is 2.24. The maximum absolute atomic E-state index is 12.4. The Labute approximate surface area is 162 Å². The van der Waals surface area contributed by atoms with Gasteiger partial charge < -0.3 is 15.1 Å². The van der Waals surface area contributed by atoms with Crippen molar-refractivity contribution in [2.75, 3.05) is 39.5 Å². The number of rotatable bonds is 6. The van der Waals surface area contributed by atoms with Crippen molar-refractivity contribution in [3.05, 3.63) is 35.9 Å². The molecule has 144 valence electrons. The monoisotopic (exact) mass is 376 g/mol. The summed E-state index contributed by atoms with van der Waals surface area (Å²) in [5.74, 6) is 2.84. The largest absolute Gasteiger partial charge is 0.356 e. The standard InChI is InChI=1S/C20H32N4OS/c1-16(2)18-15-24(12-13-26-18)20(21-3)22-11-10-19(25)23(4)14-17-8-6-5-7-9-17/h5-9,16,18H,10-15H2,1-4H3,(H,21,22). The number of thioether (sulfide) groups is 1. The second-order valence-electron chi connectivity index (χ2n) is 7.06. The third-order valence-corrected chi connectivity index (χ3v) is 6.20. The van der Waals surface area contributed by atoms with Gasteiger partial charge in [-0.2, -0.15) is 11.8 Å². The summed E-state index contributed by atoms with van der Waals surface area (Å²) in [6.07, 6.45) is 0.471. The van der Waals surface area contributed by atoms with Crippen LogP contribution >= 0.6 is 11.8 Å². The number of hydrogen-bond acceptors (Lipinski definition) is 3. The van der Waals surface area contributed by atoms with Gasteiger partial charge in [0.2, 0.25) is 5.91 Å². The number of amides is 1. The van der Waals surface area contributed by atoms with Crippen molar-refractivity contribution in [1.82, 2.24) is 15.1 Å². The Morgan fingerprint density at radius 1 is 1.38 bits per heavy atom. The van der Waals surface area contributed by atoms with Gasteiger partial charge >= 0.3 is 0 Å². The van der Waals surface area contributed by atoms with Crippen molar-refractivity contribution < 1.29 is 4.79 Å². The average molecular weight is 377 g/mol. The van der Waals surface area contributed by atoms with E-state index in [-0.39, 0.29) is 5.91 Å². The molecule has 1 aliphatic heterocycles. The topological polar surface area (TPSA) is 47.9 Å². The van der Waals surface area contributed by atoms with E-state index in [0.717, 1.165) is 30.4 Å². The highest BCUT2D eigenvalue weighted by atomic mass is 32.2. The molecule has 26 heavy (non-hydrogen) atoms. The lowest BCUT2D eigenvalue weighted by Gasteiger charge is -2.36. The van der Waals surface area contributed by atoms with Crippen LogP contribution in [0.15, 0.2) is 35.3 Å². The molecular weight excluding hydrogens is 344 g/mol. The summed E-state index contributed by atoms with van der Waals surface area (Å²) in [7, 11) is 3.68. The number of hydrogen-bond donors (Lipinski definition) is 1. The summed E-state index contributed by atoms with van der Waals surface area (Å²) in [5.41, 5.74) is 1.15. The first-order chi connectivity index (χ1) is 12.5. The number of guanidine groups is 1. The predicted molar refractivity (Wildman–Crippen MR) is 112 cm³/mol. The summed E-state index contributed by atoms with van der Waals surface area (Å²) in [5, 5.41) is 4.01. The third kappa shape index (κ3) is 6.24. The Morgan fingerprint density at radius 2 is 2.12 bits per heavy atom. The zero-order valence-corrected chi connectivity index (χ0v) is 17.3. The molecule has 2 rings (SSSR count). The fourth-order valence-corrected chi connectivity index (χ4v) is 4.32. The lowest BCUT2D eigenvalue weighted by atomic mass is 10.1. The smallest absolute Gasteiger partial charge is 0.224 e. The molecule has 1 heterocycles. The number of nitrogens with zero attached hydrogens (tertiary/aromatic N) is 3. The van der Waals surface area contributed by atoms with E-state index in [2.05, 4.69) is 40.8 Å². The molecule has 0 aliphatic carbocycles. The molecule has 0 radical (unpaired) electrons. The normalized spacial score (nSPS) is 18.1. The van der Waals surface area contributed by atoms with Crippen molar-refractivity contribution in [3.63, 3.8) is 0 Å². The van der Waals surface area contributed by atoms with E-state index in [0.29, 0.717) is 30.7 Å². The molecule has 1 N–H and O–H groups in total. The lowest BCUT2D eigenvalue weighted by Crippen LogP contribution is -2.49. The highest BCUT2D eigenvalue weighted by molar-refractivity contribution is 8.00. The molecule has 0 spiro atoms. The highest BCUT2D eigenvalue weighted by Crippen LogP contribution is 2.24. The molecule has 0 saturated carbocycles. The summed E-state index contributed by atoms with van der Waals surface area (Å²) in [6.45, 7) is 7.84. The summed E-state index contributed by atoms with van der Waals surface area (Å²) in [4.78, 5) is 20.9. The fraction of sp³-hybridized carbons (Fsp3) is 0.600. The van der Waals surface area contributed by atoms with Gasteiger partial charge in [0.25, 0.3) is 0 Å². The Balaban J connectivity index is 1.77. The van der Waals surface area contributed by atoms with Gasteiger partial charge in [-0.05, 0) is 11.5 Å². The molecule has 6 heteroatoms. The molecule has 0 bridgehead atoms. The average Bonchev–Trinajstić information content (AvgIpc) is 2.66. The van der Waals surface area contributed by atoms with Gasteiger partial charge in [0, 0.05) is 57.7 Å². The number of carbonyl (C=O) groups excluding carboxylic acids is 1. The fourth-order valence-electron chi connectivity index (χ4n) is 3.02. The number of carbonyl (C=O) groups is 1. The van der Waals surface area contributed by atoms with Gasteiger partial charge in [-0.15, -0.1) is 0 Å². The van der Waals surface area contributed by atoms with E-state index in [1.165, 1.54) is 0 Å². The minimum absolute atomic E-state index is 0.145. The minimum Gasteiger partial charge on any atom is -0.356 e. The Hall–Kier alpha value is -1.69. The SMILES string of the molecule is CN=C(NCCC(=O)N(C)Cc1ccccc1)N1CCSC(C(C)C)C1. The van der Waals surface area contributed by atoms with Crippen molar-refractivity contribution in [2.45, 2.75) is 32.1 Å². The van der Waals surface area contributed by atoms with Crippen LogP contribution in [-0.2, 0) is 11.3 Å². The van der Waals surface area contributed by atoms with Crippen LogP contribution in [0.5, 0.6) is 0 Å². The quantitative estimate of drug-likeness (QED) is 0.613. The minimum atomic E-state index is 0.145.